The van der Waals surface area contributed by atoms with E-state index in [2.05, 4.69) is 48.7 Å². The Balaban J connectivity index is 0.00000200. The monoisotopic (exact) mass is 296 g/mol. The number of hydrogen-bond acceptors (Lipinski definition) is 2. The molecule has 1 heterocycles. The van der Waals surface area contributed by atoms with E-state index in [9.17, 15) is 4.79 Å². The molecular weight excluding hydrogens is 272 g/mol. The molecule has 1 aliphatic rings. The van der Waals surface area contributed by atoms with Crippen LogP contribution in [0.4, 0.5) is 0 Å². The minimum atomic E-state index is 0. The zero-order valence-corrected chi connectivity index (χ0v) is 13.3. The summed E-state index contributed by atoms with van der Waals surface area (Å²) in [5.74, 6) is 0.773. The molecule has 2 N–H and O–H groups in total. The standard InChI is InChI=1S/C16H24N2O.ClH/c1-4-15(13-7-5-11(2)6-8-13)18-16(19)12(3)14-9-17-10-14;/h5-8,12,14-15,17H,4,9-10H2,1-3H3,(H,18,19);1H. The zero-order valence-electron chi connectivity index (χ0n) is 12.5. The fourth-order valence-corrected chi connectivity index (χ4v) is 2.40. The first-order valence-electron chi connectivity index (χ1n) is 7.19. The summed E-state index contributed by atoms with van der Waals surface area (Å²) in [6.45, 7) is 8.16. The van der Waals surface area contributed by atoms with Crippen molar-refractivity contribution >= 4 is 18.3 Å². The van der Waals surface area contributed by atoms with Gasteiger partial charge in [0.15, 0.2) is 0 Å². The van der Waals surface area contributed by atoms with Crippen molar-refractivity contribution in [2.45, 2.75) is 33.2 Å². The van der Waals surface area contributed by atoms with Gasteiger partial charge in [0, 0.05) is 5.92 Å². The van der Waals surface area contributed by atoms with Crippen molar-refractivity contribution in [3.05, 3.63) is 35.4 Å². The lowest BCUT2D eigenvalue weighted by Crippen LogP contribution is -2.50. The van der Waals surface area contributed by atoms with E-state index in [0.717, 1.165) is 19.5 Å². The molecule has 1 aromatic rings. The molecule has 4 heteroatoms. The van der Waals surface area contributed by atoms with Gasteiger partial charge < -0.3 is 10.6 Å². The van der Waals surface area contributed by atoms with E-state index in [1.54, 1.807) is 0 Å². The maximum absolute atomic E-state index is 12.2. The van der Waals surface area contributed by atoms with Crippen LogP contribution in [0.3, 0.4) is 0 Å². The minimum absolute atomic E-state index is 0. The van der Waals surface area contributed by atoms with Crippen LogP contribution in [0, 0.1) is 18.8 Å². The van der Waals surface area contributed by atoms with Gasteiger partial charge in [0.05, 0.1) is 6.04 Å². The van der Waals surface area contributed by atoms with E-state index in [4.69, 9.17) is 0 Å². The van der Waals surface area contributed by atoms with Gasteiger partial charge in [-0.1, -0.05) is 43.7 Å². The quantitative estimate of drug-likeness (QED) is 0.877. The summed E-state index contributed by atoms with van der Waals surface area (Å²) in [7, 11) is 0. The molecule has 112 valence electrons. The molecule has 0 radical (unpaired) electrons. The average Bonchev–Trinajstić information content (AvgIpc) is 2.34. The molecule has 2 rings (SSSR count). The van der Waals surface area contributed by atoms with E-state index in [1.165, 1.54) is 11.1 Å². The van der Waals surface area contributed by atoms with E-state index in [0.29, 0.717) is 5.92 Å². The molecule has 0 aliphatic carbocycles. The second-order valence-corrected chi connectivity index (χ2v) is 5.59. The fraction of sp³-hybridized carbons (Fsp3) is 0.562. The molecule has 2 atom stereocenters. The van der Waals surface area contributed by atoms with Crippen molar-refractivity contribution in [1.82, 2.24) is 10.6 Å². The summed E-state index contributed by atoms with van der Waals surface area (Å²) < 4.78 is 0. The first-order chi connectivity index (χ1) is 9.11. The number of carbonyl (C=O) groups is 1. The average molecular weight is 297 g/mol. The fourth-order valence-electron chi connectivity index (χ4n) is 2.40. The Morgan fingerprint density at radius 3 is 2.40 bits per heavy atom. The number of nitrogens with one attached hydrogen (secondary N) is 2. The molecule has 0 bridgehead atoms. The number of benzene rings is 1. The van der Waals surface area contributed by atoms with Crippen molar-refractivity contribution in [3.63, 3.8) is 0 Å². The Morgan fingerprint density at radius 2 is 1.95 bits per heavy atom. The normalized spacial score (nSPS) is 17.6. The Hall–Kier alpha value is -1.06. The third kappa shape index (κ3) is 3.97. The number of halogens is 1. The first kappa shape index (κ1) is 17.0. The highest BCUT2D eigenvalue weighted by atomic mass is 35.5. The smallest absolute Gasteiger partial charge is 0.223 e. The van der Waals surface area contributed by atoms with Crippen LogP contribution in [0.5, 0.6) is 0 Å². The van der Waals surface area contributed by atoms with Gasteiger partial charge in [0.1, 0.15) is 0 Å². The SMILES string of the molecule is CCC(NC(=O)C(C)C1CNC1)c1ccc(C)cc1.Cl. The topological polar surface area (TPSA) is 41.1 Å². The Morgan fingerprint density at radius 1 is 1.35 bits per heavy atom. The van der Waals surface area contributed by atoms with Gasteiger partial charge in [0.2, 0.25) is 5.91 Å². The second-order valence-electron chi connectivity index (χ2n) is 5.59. The molecule has 1 amide bonds. The lowest BCUT2D eigenvalue weighted by Gasteiger charge is -2.32. The zero-order chi connectivity index (χ0) is 13.8. The largest absolute Gasteiger partial charge is 0.349 e. The summed E-state index contributed by atoms with van der Waals surface area (Å²) in [5, 5.41) is 6.41. The summed E-state index contributed by atoms with van der Waals surface area (Å²) in [6.07, 6.45) is 0.921. The van der Waals surface area contributed by atoms with Crippen LogP contribution in [-0.4, -0.2) is 19.0 Å². The van der Waals surface area contributed by atoms with Crippen LogP contribution >= 0.6 is 12.4 Å². The van der Waals surface area contributed by atoms with Gasteiger partial charge in [-0.15, -0.1) is 12.4 Å². The Labute approximate surface area is 127 Å². The molecule has 20 heavy (non-hydrogen) atoms. The Kier molecular flexibility index (Phi) is 6.50. The number of amides is 1. The summed E-state index contributed by atoms with van der Waals surface area (Å²) >= 11 is 0. The van der Waals surface area contributed by atoms with Crippen LogP contribution in [0.15, 0.2) is 24.3 Å². The number of rotatable bonds is 5. The number of hydrogen-bond donors (Lipinski definition) is 2. The molecule has 1 aliphatic heterocycles. The van der Waals surface area contributed by atoms with E-state index in [1.807, 2.05) is 6.92 Å². The predicted octanol–water partition coefficient (Wildman–Crippen LogP) is 2.84. The molecule has 2 unspecified atom stereocenters. The van der Waals surface area contributed by atoms with Crippen LogP contribution < -0.4 is 10.6 Å². The highest BCUT2D eigenvalue weighted by Gasteiger charge is 2.29. The third-order valence-corrected chi connectivity index (χ3v) is 4.14. The maximum Gasteiger partial charge on any atom is 0.223 e. The van der Waals surface area contributed by atoms with Crippen molar-refractivity contribution in [3.8, 4) is 0 Å². The van der Waals surface area contributed by atoms with Gasteiger partial charge in [-0.25, -0.2) is 0 Å². The molecule has 1 saturated heterocycles. The van der Waals surface area contributed by atoms with Gasteiger partial charge in [-0.05, 0) is 37.9 Å². The molecular formula is C16H25ClN2O. The van der Waals surface area contributed by atoms with Gasteiger partial charge in [-0.2, -0.15) is 0 Å². The van der Waals surface area contributed by atoms with Gasteiger partial charge >= 0.3 is 0 Å². The second kappa shape index (κ2) is 7.65. The van der Waals surface area contributed by atoms with E-state index in [-0.39, 0.29) is 30.3 Å². The van der Waals surface area contributed by atoms with Crippen molar-refractivity contribution in [2.75, 3.05) is 13.1 Å². The van der Waals surface area contributed by atoms with Crippen molar-refractivity contribution < 1.29 is 4.79 Å². The molecule has 0 saturated carbocycles. The summed E-state index contributed by atoms with van der Waals surface area (Å²) in [5.41, 5.74) is 2.44. The molecule has 0 aromatic heterocycles. The lowest BCUT2D eigenvalue weighted by atomic mass is 9.88. The lowest BCUT2D eigenvalue weighted by molar-refractivity contribution is -0.127. The highest BCUT2D eigenvalue weighted by Crippen LogP contribution is 2.21. The first-order valence-corrected chi connectivity index (χ1v) is 7.19. The van der Waals surface area contributed by atoms with Crippen molar-refractivity contribution in [2.24, 2.45) is 11.8 Å². The van der Waals surface area contributed by atoms with Crippen LogP contribution in [0.25, 0.3) is 0 Å². The molecule has 3 nitrogen and oxygen atoms in total. The van der Waals surface area contributed by atoms with Gasteiger partial charge in [0.25, 0.3) is 0 Å². The summed E-state index contributed by atoms with van der Waals surface area (Å²) in [4.78, 5) is 12.2. The molecule has 0 spiro atoms. The predicted molar refractivity (Wildman–Crippen MR) is 85.1 cm³/mol. The maximum atomic E-state index is 12.2. The molecule has 1 aromatic carbocycles. The van der Waals surface area contributed by atoms with Crippen LogP contribution in [0.2, 0.25) is 0 Å². The van der Waals surface area contributed by atoms with E-state index >= 15 is 0 Å². The van der Waals surface area contributed by atoms with Gasteiger partial charge in [-0.3, -0.25) is 4.79 Å². The number of aryl methyl sites for hydroxylation is 1. The third-order valence-electron chi connectivity index (χ3n) is 4.14. The van der Waals surface area contributed by atoms with Crippen LogP contribution in [0.1, 0.15) is 37.4 Å². The summed E-state index contributed by atoms with van der Waals surface area (Å²) in [6, 6.07) is 8.55. The molecule has 1 fully saturated rings. The van der Waals surface area contributed by atoms with Crippen molar-refractivity contribution in [1.29, 1.82) is 0 Å². The Bertz CT molecular complexity index is 429. The number of carbonyl (C=O) groups excluding carboxylic acids is 1. The highest BCUT2D eigenvalue weighted by molar-refractivity contribution is 5.85. The minimum Gasteiger partial charge on any atom is -0.349 e. The van der Waals surface area contributed by atoms with E-state index < -0.39 is 0 Å². The van der Waals surface area contributed by atoms with Crippen LogP contribution in [-0.2, 0) is 4.79 Å².